The molecule has 0 spiro atoms. The monoisotopic (exact) mass is 237 g/mol. The van der Waals surface area contributed by atoms with Crippen molar-refractivity contribution in [3.63, 3.8) is 0 Å². The molecule has 3 N–H and O–H groups in total. The number of nitrogens with zero attached hydrogens (tertiary/aromatic N) is 1. The molecule has 0 aliphatic rings. The van der Waals surface area contributed by atoms with Gasteiger partial charge in [-0.3, -0.25) is 15.2 Å². The van der Waals surface area contributed by atoms with E-state index in [0.717, 1.165) is 12.3 Å². The van der Waals surface area contributed by atoms with Crippen molar-refractivity contribution in [1.82, 2.24) is 10.4 Å². The highest BCUT2D eigenvalue weighted by atomic mass is 35.5. The Morgan fingerprint density at radius 2 is 2.27 bits per heavy atom. The third-order valence-electron chi connectivity index (χ3n) is 1.32. The van der Waals surface area contributed by atoms with Gasteiger partial charge >= 0.3 is 12.0 Å². The van der Waals surface area contributed by atoms with E-state index in [2.05, 4.69) is 15.6 Å². The Hall–Kier alpha value is -1.47. The molecular weight excluding hydrogens is 232 g/mol. The Labute approximate surface area is 88.2 Å². The highest BCUT2D eigenvalue weighted by molar-refractivity contribution is 6.30. The van der Waals surface area contributed by atoms with Crippen LogP contribution in [0.3, 0.4) is 0 Å². The van der Waals surface area contributed by atoms with Crippen LogP contribution in [-0.2, 0) is 4.79 Å². The number of carbonyl (C=O) groups excluding carboxylic acids is 1. The van der Waals surface area contributed by atoms with Crippen molar-refractivity contribution in [2.24, 2.45) is 5.84 Å². The number of rotatable bonds is 3. The molecule has 0 fully saturated rings. The standard InChI is InChI=1S/C7H6ClF2N3O2/c8-4-1-5(3-12-2-4)15-7(9,10)6(14)13-11/h1-3H,11H2,(H,13,14). The SMILES string of the molecule is NNC(=O)C(F)(F)Oc1cncc(Cl)c1. The van der Waals surface area contributed by atoms with Crippen LogP contribution in [0.4, 0.5) is 8.78 Å². The van der Waals surface area contributed by atoms with Crippen LogP contribution in [0.15, 0.2) is 18.5 Å². The summed E-state index contributed by atoms with van der Waals surface area (Å²) in [6, 6.07) is 1.09. The highest BCUT2D eigenvalue weighted by Crippen LogP contribution is 2.23. The second-order valence-corrected chi connectivity index (χ2v) is 2.87. The second kappa shape index (κ2) is 4.37. The van der Waals surface area contributed by atoms with Crippen LogP contribution in [0.25, 0.3) is 0 Å². The van der Waals surface area contributed by atoms with Gasteiger partial charge in [-0.05, 0) is 0 Å². The quantitative estimate of drug-likeness (QED) is 0.461. The molecule has 1 heterocycles. The summed E-state index contributed by atoms with van der Waals surface area (Å²) < 4.78 is 29.8. The number of alkyl halides is 2. The van der Waals surface area contributed by atoms with E-state index in [9.17, 15) is 13.6 Å². The predicted octanol–water partition coefficient (Wildman–Crippen LogP) is 0.696. The number of pyridine rings is 1. The van der Waals surface area contributed by atoms with Crippen molar-refractivity contribution in [2.45, 2.75) is 6.11 Å². The minimum Gasteiger partial charge on any atom is -0.424 e. The Balaban J connectivity index is 2.81. The summed E-state index contributed by atoms with van der Waals surface area (Å²) in [4.78, 5) is 14.1. The first-order valence-corrected chi connectivity index (χ1v) is 4.02. The molecule has 0 atom stereocenters. The number of ether oxygens (including phenoxy) is 1. The number of nitrogens with two attached hydrogens (primary N) is 1. The Morgan fingerprint density at radius 1 is 1.60 bits per heavy atom. The lowest BCUT2D eigenvalue weighted by molar-refractivity contribution is -0.193. The molecule has 82 valence electrons. The fourth-order valence-corrected chi connectivity index (χ4v) is 0.890. The van der Waals surface area contributed by atoms with Crippen molar-refractivity contribution in [1.29, 1.82) is 0 Å². The van der Waals surface area contributed by atoms with Gasteiger partial charge in [0, 0.05) is 12.3 Å². The summed E-state index contributed by atoms with van der Waals surface area (Å²) in [7, 11) is 0. The van der Waals surface area contributed by atoms with Crippen molar-refractivity contribution in [2.75, 3.05) is 0 Å². The number of aromatic nitrogens is 1. The third-order valence-corrected chi connectivity index (χ3v) is 1.53. The van der Waals surface area contributed by atoms with Crippen LogP contribution in [0.1, 0.15) is 0 Å². The number of amides is 1. The molecule has 0 saturated carbocycles. The summed E-state index contributed by atoms with van der Waals surface area (Å²) in [5.41, 5.74) is 1.27. The topological polar surface area (TPSA) is 77.2 Å². The zero-order chi connectivity index (χ0) is 11.5. The summed E-state index contributed by atoms with van der Waals surface area (Å²) in [5, 5.41) is 0.108. The van der Waals surface area contributed by atoms with Gasteiger partial charge in [0.1, 0.15) is 5.75 Å². The Kier molecular flexibility index (Phi) is 3.38. The van der Waals surface area contributed by atoms with Crippen molar-refractivity contribution in [3.8, 4) is 5.75 Å². The van der Waals surface area contributed by atoms with Gasteiger partial charge in [-0.25, -0.2) is 5.84 Å². The van der Waals surface area contributed by atoms with Gasteiger partial charge in [-0.15, -0.1) is 0 Å². The molecule has 1 aromatic rings. The number of hydrogen-bond donors (Lipinski definition) is 2. The lowest BCUT2D eigenvalue weighted by Crippen LogP contribution is -2.47. The lowest BCUT2D eigenvalue weighted by Gasteiger charge is -2.15. The van der Waals surface area contributed by atoms with Crippen molar-refractivity contribution < 1.29 is 18.3 Å². The molecule has 0 radical (unpaired) electrons. The molecule has 8 heteroatoms. The molecule has 15 heavy (non-hydrogen) atoms. The number of nitrogens with one attached hydrogen (secondary N) is 1. The van der Waals surface area contributed by atoms with E-state index in [-0.39, 0.29) is 10.8 Å². The molecule has 0 aliphatic heterocycles. The smallest absolute Gasteiger partial charge is 0.424 e. The van der Waals surface area contributed by atoms with E-state index >= 15 is 0 Å². The van der Waals surface area contributed by atoms with E-state index in [1.807, 2.05) is 0 Å². The molecular formula is C7H6ClF2N3O2. The maximum absolute atomic E-state index is 12.8. The van der Waals surface area contributed by atoms with Gasteiger partial charge in [0.2, 0.25) is 0 Å². The number of carbonyl (C=O) groups is 1. The van der Waals surface area contributed by atoms with Crippen LogP contribution in [0.5, 0.6) is 5.75 Å². The summed E-state index contributed by atoms with van der Waals surface area (Å²) in [5.74, 6) is 2.44. The largest absolute Gasteiger partial charge is 0.483 e. The molecule has 0 bridgehead atoms. The molecule has 0 aromatic carbocycles. The molecule has 0 unspecified atom stereocenters. The predicted molar refractivity (Wildman–Crippen MR) is 47.2 cm³/mol. The molecule has 1 aromatic heterocycles. The van der Waals surface area contributed by atoms with Gasteiger partial charge in [0.05, 0.1) is 11.2 Å². The van der Waals surface area contributed by atoms with Gasteiger partial charge in [0.15, 0.2) is 0 Å². The summed E-state index contributed by atoms with van der Waals surface area (Å²) >= 11 is 5.47. The zero-order valence-electron chi connectivity index (χ0n) is 7.21. The van der Waals surface area contributed by atoms with Crippen LogP contribution >= 0.6 is 11.6 Å². The van der Waals surface area contributed by atoms with Crippen LogP contribution in [-0.4, -0.2) is 17.0 Å². The van der Waals surface area contributed by atoms with E-state index in [1.165, 1.54) is 11.6 Å². The van der Waals surface area contributed by atoms with Gasteiger partial charge in [0.25, 0.3) is 0 Å². The van der Waals surface area contributed by atoms with E-state index < -0.39 is 12.0 Å². The van der Waals surface area contributed by atoms with E-state index in [4.69, 9.17) is 11.6 Å². The Morgan fingerprint density at radius 3 is 2.80 bits per heavy atom. The molecule has 0 aliphatic carbocycles. The van der Waals surface area contributed by atoms with Gasteiger partial charge in [-0.1, -0.05) is 11.6 Å². The number of halogens is 3. The minimum atomic E-state index is -4.07. The summed E-state index contributed by atoms with van der Waals surface area (Å²) in [6.45, 7) is 0. The second-order valence-electron chi connectivity index (χ2n) is 2.43. The van der Waals surface area contributed by atoms with Crippen LogP contribution in [0.2, 0.25) is 5.02 Å². The fourth-order valence-electron chi connectivity index (χ4n) is 0.727. The third kappa shape index (κ3) is 3.00. The van der Waals surface area contributed by atoms with Gasteiger partial charge < -0.3 is 4.74 Å². The number of hydrogen-bond acceptors (Lipinski definition) is 4. The fraction of sp³-hybridized carbons (Fsp3) is 0.143. The Bertz CT molecular complexity index is 375. The first-order valence-electron chi connectivity index (χ1n) is 3.64. The van der Waals surface area contributed by atoms with Crippen molar-refractivity contribution >= 4 is 17.5 Å². The maximum Gasteiger partial charge on any atom is 0.483 e. The average Bonchev–Trinajstić information content (AvgIpc) is 2.15. The minimum absolute atomic E-state index is 0.108. The first kappa shape index (κ1) is 11.6. The van der Waals surface area contributed by atoms with Crippen molar-refractivity contribution in [3.05, 3.63) is 23.5 Å². The average molecular weight is 238 g/mol. The highest BCUT2D eigenvalue weighted by Gasteiger charge is 2.41. The zero-order valence-corrected chi connectivity index (χ0v) is 7.96. The number of hydrazine groups is 1. The molecule has 1 amide bonds. The first-order chi connectivity index (χ1) is 6.95. The maximum atomic E-state index is 12.8. The van der Waals surface area contributed by atoms with E-state index in [0.29, 0.717) is 0 Å². The molecule has 0 saturated heterocycles. The molecule has 1 rings (SSSR count). The van der Waals surface area contributed by atoms with Gasteiger partial charge in [-0.2, -0.15) is 8.78 Å². The van der Waals surface area contributed by atoms with E-state index in [1.54, 1.807) is 0 Å². The molecule has 5 nitrogen and oxygen atoms in total. The summed E-state index contributed by atoms with van der Waals surface area (Å²) in [6.07, 6.45) is -1.85. The lowest BCUT2D eigenvalue weighted by atomic mass is 10.4. The van der Waals surface area contributed by atoms with Crippen LogP contribution in [0, 0.1) is 0 Å². The normalized spacial score (nSPS) is 10.9. The van der Waals surface area contributed by atoms with Crippen LogP contribution < -0.4 is 16.0 Å².